The van der Waals surface area contributed by atoms with E-state index in [-0.39, 0.29) is 24.1 Å². The van der Waals surface area contributed by atoms with E-state index < -0.39 is 5.92 Å². The van der Waals surface area contributed by atoms with Crippen LogP contribution in [0.2, 0.25) is 0 Å². The molecule has 31 heavy (non-hydrogen) atoms. The molecule has 3 amide bonds. The minimum Gasteiger partial charge on any atom is -0.497 e. The van der Waals surface area contributed by atoms with Crippen molar-refractivity contribution in [3.63, 3.8) is 0 Å². The van der Waals surface area contributed by atoms with Gasteiger partial charge in [-0.3, -0.25) is 19.3 Å². The van der Waals surface area contributed by atoms with Crippen LogP contribution in [0.15, 0.2) is 18.2 Å². The van der Waals surface area contributed by atoms with Crippen LogP contribution in [0.3, 0.4) is 0 Å². The normalized spacial score (nSPS) is 19.8. The number of nitrogens with one attached hydrogen (secondary N) is 1. The molecule has 1 aromatic rings. The Hall–Kier alpha value is -2.81. The topological polar surface area (TPSA) is 91.4 Å². The first-order valence-electron chi connectivity index (χ1n) is 10.8. The molecular weight excluding hydrogens is 400 g/mol. The summed E-state index contributed by atoms with van der Waals surface area (Å²) in [6, 6.07) is 5.29. The summed E-state index contributed by atoms with van der Waals surface area (Å²) in [4.78, 5) is 43.3. The number of hydrogen-bond donors (Lipinski definition) is 1. The molecule has 1 aromatic carbocycles. The molecule has 0 aromatic heterocycles. The number of benzene rings is 1. The molecule has 170 valence electrons. The Kier molecular flexibility index (Phi) is 7.73. The van der Waals surface area contributed by atoms with E-state index in [0.717, 1.165) is 13.0 Å². The summed E-state index contributed by atoms with van der Waals surface area (Å²) in [5.41, 5.74) is 0.617. The number of hydrogen-bond acceptors (Lipinski definition) is 6. The zero-order chi connectivity index (χ0) is 22.4. The van der Waals surface area contributed by atoms with Gasteiger partial charge in [0.2, 0.25) is 17.7 Å². The van der Waals surface area contributed by atoms with Crippen molar-refractivity contribution in [1.82, 2.24) is 15.1 Å². The molecule has 3 rings (SSSR count). The van der Waals surface area contributed by atoms with Crippen molar-refractivity contribution in [2.75, 3.05) is 64.9 Å². The minimum atomic E-state index is -0.390. The first-order valence-corrected chi connectivity index (χ1v) is 10.8. The zero-order valence-electron chi connectivity index (χ0n) is 18.6. The van der Waals surface area contributed by atoms with Crippen molar-refractivity contribution in [3.05, 3.63) is 18.2 Å². The number of carbonyl (C=O) groups excluding carboxylic acids is 3. The maximum absolute atomic E-state index is 13.2. The Bertz CT molecular complexity index is 815. The number of ether oxygens (including phenoxy) is 2. The van der Waals surface area contributed by atoms with Crippen LogP contribution in [-0.2, 0) is 14.4 Å². The summed E-state index contributed by atoms with van der Waals surface area (Å²) in [5, 5.41) is 2.81. The number of rotatable bonds is 7. The standard InChI is InChI=1S/C22H32N4O5/c1-4-23-20(27)15-24-8-5-9-25(11-10-24)22(29)16-12-21(28)26(14-16)18-13-17(30-2)6-7-19(18)31-3/h6-7,13,16H,4-5,8-12,14-15H2,1-3H3,(H,23,27). The van der Waals surface area contributed by atoms with Gasteiger partial charge in [-0.1, -0.05) is 0 Å². The highest BCUT2D eigenvalue weighted by Crippen LogP contribution is 2.36. The molecule has 1 N–H and O–H groups in total. The summed E-state index contributed by atoms with van der Waals surface area (Å²) >= 11 is 0. The maximum atomic E-state index is 13.2. The first-order chi connectivity index (χ1) is 15.0. The lowest BCUT2D eigenvalue weighted by Crippen LogP contribution is -2.41. The summed E-state index contributed by atoms with van der Waals surface area (Å²) < 4.78 is 10.7. The van der Waals surface area contributed by atoms with E-state index in [1.807, 2.05) is 11.8 Å². The highest BCUT2D eigenvalue weighted by atomic mass is 16.5. The van der Waals surface area contributed by atoms with Gasteiger partial charge in [-0.05, 0) is 25.5 Å². The van der Waals surface area contributed by atoms with E-state index in [0.29, 0.717) is 56.5 Å². The van der Waals surface area contributed by atoms with Crippen molar-refractivity contribution in [2.24, 2.45) is 5.92 Å². The van der Waals surface area contributed by atoms with Crippen molar-refractivity contribution in [1.29, 1.82) is 0 Å². The number of anilines is 1. The molecule has 2 saturated heterocycles. The van der Waals surface area contributed by atoms with Gasteiger partial charge < -0.3 is 24.6 Å². The van der Waals surface area contributed by atoms with Crippen LogP contribution < -0.4 is 19.7 Å². The fourth-order valence-corrected chi connectivity index (χ4v) is 4.18. The second-order valence-corrected chi connectivity index (χ2v) is 7.85. The lowest BCUT2D eigenvalue weighted by molar-refractivity contribution is -0.135. The summed E-state index contributed by atoms with van der Waals surface area (Å²) in [6.07, 6.45) is 0.984. The van der Waals surface area contributed by atoms with E-state index in [2.05, 4.69) is 10.2 Å². The second-order valence-electron chi connectivity index (χ2n) is 7.85. The van der Waals surface area contributed by atoms with Crippen LogP contribution in [0.4, 0.5) is 5.69 Å². The van der Waals surface area contributed by atoms with Gasteiger partial charge in [0.1, 0.15) is 11.5 Å². The Morgan fingerprint density at radius 1 is 1.13 bits per heavy atom. The summed E-state index contributed by atoms with van der Waals surface area (Å²) in [7, 11) is 3.12. The van der Waals surface area contributed by atoms with Gasteiger partial charge in [0, 0.05) is 51.8 Å². The smallest absolute Gasteiger partial charge is 0.234 e. The number of methoxy groups -OCH3 is 2. The van der Waals surface area contributed by atoms with Crippen molar-refractivity contribution in [2.45, 2.75) is 19.8 Å². The monoisotopic (exact) mass is 432 g/mol. The van der Waals surface area contributed by atoms with Crippen LogP contribution >= 0.6 is 0 Å². The molecule has 2 aliphatic rings. The predicted octanol–water partition coefficient (Wildman–Crippen LogP) is 0.727. The number of carbonyl (C=O) groups is 3. The molecule has 2 fully saturated rings. The lowest BCUT2D eigenvalue weighted by Gasteiger charge is -2.25. The van der Waals surface area contributed by atoms with Crippen LogP contribution in [0.25, 0.3) is 0 Å². The van der Waals surface area contributed by atoms with Crippen molar-refractivity contribution >= 4 is 23.4 Å². The Morgan fingerprint density at radius 2 is 1.94 bits per heavy atom. The Morgan fingerprint density at radius 3 is 2.65 bits per heavy atom. The van der Waals surface area contributed by atoms with E-state index in [4.69, 9.17) is 9.47 Å². The third-order valence-corrected chi connectivity index (χ3v) is 5.79. The van der Waals surface area contributed by atoms with Crippen LogP contribution in [-0.4, -0.2) is 87.6 Å². The van der Waals surface area contributed by atoms with E-state index in [1.54, 1.807) is 37.3 Å². The van der Waals surface area contributed by atoms with Gasteiger partial charge in [-0.25, -0.2) is 0 Å². The largest absolute Gasteiger partial charge is 0.497 e. The lowest BCUT2D eigenvalue weighted by atomic mass is 10.1. The Labute approximate surface area is 183 Å². The van der Waals surface area contributed by atoms with Gasteiger partial charge in [0.15, 0.2) is 0 Å². The highest BCUT2D eigenvalue weighted by Gasteiger charge is 2.38. The Balaban J connectivity index is 1.63. The molecule has 2 aliphatic heterocycles. The molecule has 1 atom stereocenters. The maximum Gasteiger partial charge on any atom is 0.234 e. The molecule has 0 radical (unpaired) electrons. The number of amides is 3. The summed E-state index contributed by atoms with van der Waals surface area (Å²) in [6.45, 7) is 5.80. The third kappa shape index (κ3) is 5.46. The van der Waals surface area contributed by atoms with Crippen LogP contribution in [0.5, 0.6) is 11.5 Å². The molecule has 0 aliphatic carbocycles. The molecule has 1 unspecified atom stereocenters. The SMILES string of the molecule is CCNC(=O)CN1CCCN(C(=O)C2CC(=O)N(c3cc(OC)ccc3OC)C2)CC1. The summed E-state index contributed by atoms with van der Waals surface area (Å²) in [5.74, 6) is 0.705. The van der Waals surface area contributed by atoms with Gasteiger partial charge >= 0.3 is 0 Å². The van der Waals surface area contributed by atoms with E-state index in [1.165, 1.54) is 0 Å². The molecular formula is C22H32N4O5. The molecule has 2 heterocycles. The quantitative estimate of drug-likeness (QED) is 0.683. The number of nitrogens with zero attached hydrogens (tertiary/aromatic N) is 3. The average Bonchev–Trinajstić information content (AvgIpc) is 3.00. The fraction of sp³-hybridized carbons (Fsp3) is 0.591. The third-order valence-electron chi connectivity index (χ3n) is 5.79. The molecule has 0 bridgehead atoms. The van der Waals surface area contributed by atoms with Gasteiger partial charge in [-0.15, -0.1) is 0 Å². The average molecular weight is 433 g/mol. The van der Waals surface area contributed by atoms with Crippen LogP contribution in [0.1, 0.15) is 19.8 Å². The minimum absolute atomic E-state index is 0.00225. The predicted molar refractivity (Wildman–Crippen MR) is 116 cm³/mol. The van der Waals surface area contributed by atoms with Crippen molar-refractivity contribution in [3.8, 4) is 11.5 Å². The van der Waals surface area contributed by atoms with Crippen LogP contribution in [0, 0.1) is 5.92 Å². The van der Waals surface area contributed by atoms with Gasteiger partial charge in [-0.2, -0.15) is 0 Å². The number of likely N-dealkylation sites (N-methyl/N-ethyl adjacent to an activating group) is 1. The van der Waals surface area contributed by atoms with Gasteiger partial charge in [0.05, 0.1) is 32.4 Å². The fourth-order valence-electron chi connectivity index (χ4n) is 4.18. The first kappa shape index (κ1) is 22.9. The second kappa shape index (κ2) is 10.5. The molecule has 9 nitrogen and oxygen atoms in total. The highest BCUT2D eigenvalue weighted by molar-refractivity contribution is 6.01. The molecule has 0 spiro atoms. The van der Waals surface area contributed by atoms with Crippen molar-refractivity contribution < 1.29 is 23.9 Å². The van der Waals surface area contributed by atoms with Gasteiger partial charge in [0.25, 0.3) is 0 Å². The van der Waals surface area contributed by atoms with E-state index >= 15 is 0 Å². The molecule has 9 heteroatoms. The molecule has 0 saturated carbocycles. The van der Waals surface area contributed by atoms with E-state index in [9.17, 15) is 14.4 Å². The zero-order valence-corrected chi connectivity index (χ0v) is 18.6.